The normalized spacial score (nSPS) is 15.7. The van der Waals surface area contributed by atoms with E-state index in [0.717, 1.165) is 12.1 Å². The number of carbonyl (C=O) groups excluding carboxylic acids is 3. The lowest BCUT2D eigenvalue weighted by Crippen LogP contribution is -2.47. The minimum absolute atomic E-state index is 0.0103. The van der Waals surface area contributed by atoms with Crippen molar-refractivity contribution >= 4 is 29.6 Å². The summed E-state index contributed by atoms with van der Waals surface area (Å²) in [6.45, 7) is 1.13. The lowest BCUT2D eigenvalue weighted by Gasteiger charge is -2.29. The number of nitrogens with one attached hydrogen (secondary N) is 2. The summed E-state index contributed by atoms with van der Waals surface area (Å²) in [4.78, 5) is 37.0. The van der Waals surface area contributed by atoms with Crippen LogP contribution in [0.4, 0.5) is 13.6 Å². The molecule has 1 heterocycles. The van der Waals surface area contributed by atoms with E-state index in [1.165, 1.54) is 0 Å². The van der Waals surface area contributed by atoms with Crippen LogP contribution in [0, 0.1) is 11.6 Å². The maximum atomic E-state index is 13.8. The van der Waals surface area contributed by atoms with Crippen LogP contribution < -0.4 is 10.6 Å². The van der Waals surface area contributed by atoms with E-state index >= 15 is 0 Å². The smallest absolute Gasteiger partial charge is 0.341 e. The SMILES string of the molecule is CCOC(=O)C1=C(COC(=O)c2ccc(F)cc2F)NC(=O)NC1c1ccc(Cl)cc1. The fraction of sp³-hybridized carbons (Fsp3) is 0.190. The second-order valence-corrected chi connectivity index (χ2v) is 6.83. The van der Waals surface area contributed by atoms with Crippen molar-refractivity contribution in [2.45, 2.75) is 13.0 Å². The maximum Gasteiger partial charge on any atom is 0.341 e. The Morgan fingerprint density at radius 2 is 1.77 bits per heavy atom. The number of carbonyl (C=O) groups is 3. The Hall–Kier alpha value is -3.46. The first-order valence-corrected chi connectivity index (χ1v) is 9.53. The third-order valence-electron chi connectivity index (χ3n) is 4.35. The third-order valence-corrected chi connectivity index (χ3v) is 4.60. The highest BCUT2D eigenvalue weighted by atomic mass is 35.5. The van der Waals surface area contributed by atoms with Gasteiger partial charge in [-0.3, -0.25) is 0 Å². The van der Waals surface area contributed by atoms with Gasteiger partial charge in [-0.15, -0.1) is 0 Å². The summed E-state index contributed by atoms with van der Waals surface area (Å²) < 4.78 is 37.0. The standard InChI is InChI=1S/C21H17ClF2N2O5/c1-2-30-20(28)17-16(10-31-19(27)14-8-7-13(23)9-15(14)24)25-21(29)26-18(17)11-3-5-12(22)6-4-11/h3-9,18H,2,10H2,1H3,(H2,25,26,29). The molecule has 2 N–H and O–H groups in total. The van der Waals surface area contributed by atoms with Crippen LogP contribution in [0.3, 0.4) is 0 Å². The van der Waals surface area contributed by atoms with E-state index in [1.54, 1.807) is 31.2 Å². The largest absolute Gasteiger partial charge is 0.463 e. The average Bonchev–Trinajstić information content (AvgIpc) is 2.72. The van der Waals surface area contributed by atoms with Crippen LogP contribution in [0.5, 0.6) is 0 Å². The molecule has 3 rings (SSSR count). The van der Waals surface area contributed by atoms with Gasteiger partial charge in [-0.1, -0.05) is 23.7 Å². The van der Waals surface area contributed by atoms with Gasteiger partial charge < -0.3 is 20.1 Å². The van der Waals surface area contributed by atoms with Crippen LogP contribution >= 0.6 is 11.6 Å². The first kappa shape index (κ1) is 22.2. The summed E-state index contributed by atoms with van der Waals surface area (Å²) >= 11 is 5.91. The Kier molecular flexibility index (Phi) is 6.86. The maximum absolute atomic E-state index is 13.8. The fourth-order valence-electron chi connectivity index (χ4n) is 2.96. The van der Waals surface area contributed by atoms with Crippen molar-refractivity contribution < 1.29 is 32.6 Å². The van der Waals surface area contributed by atoms with Gasteiger partial charge in [-0.25, -0.2) is 23.2 Å². The zero-order chi connectivity index (χ0) is 22.5. The molecule has 1 aliphatic rings. The lowest BCUT2D eigenvalue weighted by atomic mass is 9.95. The molecule has 2 amide bonds. The van der Waals surface area contributed by atoms with Gasteiger partial charge in [0.2, 0.25) is 0 Å². The van der Waals surface area contributed by atoms with E-state index in [1.807, 2.05) is 0 Å². The van der Waals surface area contributed by atoms with E-state index in [9.17, 15) is 23.2 Å². The second-order valence-electron chi connectivity index (χ2n) is 6.40. The summed E-state index contributed by atoms with van der Waals surface area (Å²) in [6, 6.07) is 7.26. The molecule has 162 valence electrons. The van der Waals surface area contributed by atoms with Gasteiger partial charge in [0.05, 0.1) is 29.5 Å². The molecule has 0 bridgehead atoms. The highest BCUT2D eigenvalue weighted by molar-refractivity contribution is 6.30. The Balaban J connectivity index is 1.93. The molecule has 0 aliphatic carbocycles. The van der Waals surface area contributed by atoms with Gasteiger partial charge in [0.1, 0.15) is 18.2 Å². The summed E-state index contributed by atoms with van der Waals surface area (Å²) in [5.41, 5.74) is 0.0269. The van der Waals surface area contributed by atoms with Crippen molar-refractivity contribution in [3.05, 3.63) is 81.5 Å². The summed E-state index contributed by atoms with van der Waals surface area (Å²) in [7, 11) is 0. The van der Waals surface area contributed by atoms with E-state index < -0.39 is 47.8 Å². The van der Waals surface area contributed by atoms with Crippen LogP contribution in [-0.2, 0) is 14.3 Å². The Labute approximate surface area is 181 Å². The molecule has 0 saturated heterocycles. The van der Waals surface area contributed by atoms with Crippen LogP contribution in [0.25, 0.3) is 0 Å². The Morgan fingerprint density at radius 1 is 1.06 bits per heavy atom. The summed E-state index contributed by atoms with van der Waals surface area (Å²) in [5.74, 6) is -3.78. The van der Waals surface area contributed by atoms with Gasteiger partial charge in [-0.05, 0) is 36.8 Å². The van der Waals surface area contributed by atoms with E-state index in [-0.39, 0.29) is 17.9 Å². The molecule has 7 nitrogen and oxygen atoms in total. The average molecular weight is 451 g/mol. The molecule has 1 atom stereocenters. The molecule has 0 saturated carbocycles. The van der Waals surface area contributed by atoms with Crippen LogP contribution in [-0.4, -0.2) is 31.2 Å². The quantitative estimate of drug-likeness (QED) is 0.655. The predicted molar refractivity (Wildman–Crippen MR) is 106 cm³/mol. The second kappa shape index (κ2) is 9.57. The van der Waals surface area contributed by atoms with Crippen molar-refractivity contribution in [1.82, 2.24) is 10.6 Å². The van der Waals surface area contributed by atoms with Gasteiger partial charge in [0.25, 0.3) is 0 Å². The third kappa shape index (κ3) is 5.18. The molecule has 0 spiro atoms. The Morgan fingerprint density at radius 3 is 2.42 bits per heavy atom. The number of ether oxygens (including phenoxy) is 2. The van der Waals surface area contributed by atoms with Gasteiger partial charge in [-0.2, -0.15) is 0 Å². The molecule has 2 aromatic rings. The number of hydrogen-bond acceptors (Lipinski definition) is 5. The van der Waals surface area contributed by atoms with Crippen LogP contribution in [0.1, 0.15) is 28.9 Å². The molecular formula is C21H17ClF2N2O5. The van der Waals surface area contributed by atoms with Crippen LogP contribution in [0.2, 0.25) is 5.02 Å². The van der Waals surface area contributed by atoms with Crippen molar-refractivity contribution in [3.63, 3.8) is 0 Å². The summed E-state index contributed by atoms with van der Waals surface area (Å²) in [6.07, 6.45) is 0. The lowest BCUT2D eigenvalue weighted by molar-refractivity contribution is -0.139. The number of amides is 2. The highest BCUT2D eigenvalue weighted by Crippen LogP contribution is 2.29. The topological polar surface area (TPSA) is 93.7 Å². The molecule has 1 unspecified atom stereocenters. The number of esters is 2. The molecule has 0 fully saturated rings. The molecule has 2 aromatic carbocycles. The molecule has 0 aromatic heterocycles. The monoisotopic (exact) mass is 450 g/mol. The number of rotatable bonds is 6. The highest BCUT2D eigenvalue weighted by Gasteiger charge is 2.34. The first-order valence-electron chi connectivity index (χ1n) is 9.15. The summed E-state index contributed by atoms with van der Waals surface area (Å²) in [5, 5.41) is 5.49. The van der Waals surface area contributed by atoms with Crippen molar-refractivity contribution in [3.8, 4) is 0 Å². The number of hydrogen-bond donors (Lipinski definition) is 2. The number of benzene rings is 2. The van der Waals surface area contributed by atoms with Gasteiger partial charge in [0, 0.05) is 11.1 Å². The fourth-order valence-corrected chi connectivity index (χ4v) is 3.08. The number of halogens is 3. The van der Waals surface area contributed by atoms with Crippen molar-refractivity contribution in [1.29, 1.82) is 0 Å². The Bertz CT molecular complexity index is 1060. The van der Waals surface area contributed by atoms with Gasteiger partial charge >= 0.3 is 18.0 Å². The van der Waals surface area contributed by atoms with Crippen molar-refractivity contribution in [2.24, 2.45) is 0 Å². The predicted octanol–water partition coefficient (Wildman–Crippen LogP) is 3.65. The molecular weight excluding hydrogens is 434 g/mol. The molecule has 10 heteroatoms. The molecule has 1 aliphatic heterocycles. The minimum Gasteiger partial charge on any atom is -0.463 e. The minimum atomic E-state index is -1.10. The molecule has 0 radical (unpaired) electrons. The van der Waals surface area contributed by atoms with Gasteiger partial charge in [0.15, 0.2) is 0 Å². The van der Waals surface area contributed by atoms with E-state index in [4.69, 9.17) is 21.1 Å². The first-order chi connectivity index (χ1) is 14.8. The molecule has 31 heavy (non-hydrogen) atoms. The van der Waals surface area contributed by atoms with E-state index in [0.29, 0.717) is 16.7 Å². The van der Waals surface area contributed by atoms with Crippen LogP contribution in [0.15, 0.2) is 53.7 Å². The van der Waals surface area contributed by atoms with E-state index in [2.05, 4.69) is 10.6 Å². The zero-order valence-corrected chi connectivity index (χ0v) is 17.0. The number of urea groups is 1. The van der Waals surface area contributed by atoms with Crippen molar-refractivity contribution in [2.75, 3.05) is 13.2 Å². The zero-order valence-electron chi connectivity index (χ0n) is 16.2.